The molecule has 1 aliphatic carbocycles. The Morgan fingerprint density at radius 2 is 2.33 bits per heavy atom. The van der Waals surface area contributed by atoms with Gasteiger partial charge in [0.1, 0.15) is 0 Å². The van der Waals surface area contributed by atoms with Crippen LogP contribution in [-0.2, 0) is 0 Å². The predicted molar refractivity (Wildman–Crippen MR) is 60.7 cm³/mol. The molecule has 1 aromatic carbocycles. The summed E-state index contributed by atoms with van der Waals surface area (Å²) < 4.78 is 0. The molecule has 5 heteroatoms. The van der Waals surface area contributed by atoms with Crippen molar-refractivity contribution in [2.45, 2.75) is 12.3 Å². The summed E-state index contributed by atoms with van der Waals surface area (Å²) in [5.74, 6) is 0.504. The summed E-state index contributed by atoms with van der Waals surface area (Å²) >= 11 is 4.89. The first kappa shape index (κ1) is 10.0. The molecule has 0 bridgehead atoms. The number of hydrogen-bond donors (Lipinski definition) is 1. The number of nitro benzene ring substituents is 1. The summed E-state index contributed by atoms with van der Waals surface area (Å²) in [6.07, 6.45) is 0.913. The van der Waals surface area contributed by atoms with Gasteiger partial charge in [0, 0.05) is 18.1 Å². The molecule has 0 aliphatic heterocycles. The molecule has 78 valence electrons. The molecule has 1 aliphatic rings. The number of hydrogen-bond acceptors (Lipinski definition) is 3. The standard InChI is InChI=1S/C10H10N2O2S/c11-10(15)9-5-8(9)6-2-1-3-7(4-6)12(13)14/h1-4,8-9H,5H2,(H2,11,15). The van der Waals surface area contributed by atoms with E-state index < -0.39 is 0 Å². The van der Waals surface area contributed by atoms with Crippen molar-refractivity contribution in [3.63, 3.8) is 0 Å². The minimum absolute atomic E-state index is 0.126. The van der Waals surface area contributed by atoms with Crippen molar-refractivity contribution in [1.29, 1.82) is 0 Å². The van der Waals surface area contributed by atoms with Crippen LogP contribution in [0.1, 0.15) is 17.9 Å². The second kappa shape index (κ2) is 3.58. The van der Waals surface area contributed by atoms with Crippen LogP contribution in [0.25, 0.3) is 0 Å². The molecule has 1 fully saturated rings. The molecule has 2 rings (SSSR count). The van der Waals surface area contributed by atoms with Gasteiger partial charge >= 0.3 is 0 Å². The van der Waals surface area contributed by atoms with Crippen molar-refractivity contribution < 1.29 is 4.92 Å². The van der Waals surface area contributed by atoms with Gasteiger partial charge in [-0.25, -0.2) is 0 Å². The number of non-ortho nitro benzene ring substituents is 1. The van der Waals surface area contributed by atoms with E-state index in [1.54, 1.807) is 12.1 Å². The van der Waals surface area contributed by atoms with E-state index in [1.165, 1.54) is 6.07 Å². The maximum absolute atomic E-state index is 10.6. The van der Waals surface area contributed by atoms with E-state index in [0.717, 1.165) is 12.0 Å². The van der Waals surface area contributed by atoms with Crippen molar-refractivity contribution in [3.05, 3.63) is 39.9 Å². The first-order valence-corrected chi connectivity index (χ1v) is 5.04. The summed E-state index contributed by atoms with van der Waals surface area (Å²) in [4.78, 5) is 10.7. The molecular formula is C10H10N2O2S. The van der Waals surface area contributed by atoms with Crippen LogP contribution in [-0.4, -0.2) is 9.91 Å². The molecule has 2 N–H and O–H groups in total. The van der Waals surface area contributed by atoms with Gasteiger partial charge in [-0.05, 0) is 17.9 Å². The lowest BCUT2D eigenvalue weighted by atomic mass is 10.1. The predicted octanol–water partition coefficient (Wildman–Crippen LogP) is 1.98. The van der Waals surface area contributed by atoms with Crippen LogP contribution in [0.2, 0.25) is 0 Å². The first-order valence-electron chi connectivity index (χ1n) is 4.63. The molecule has 0 amide bonds. The number of rotatable bonds is 3. The van der Waals surface area contributed by atoms with Gasteiger partial charge in [-0.1, -0.05) is 24.4 Å². The first-order chi connectivity index (χ1) is 7.09. The zero-order chi connectivity index (χ0) is 11.0. The SMILES string of the molecule is NC(=S)C1CC1c1cccc([N+](=O)[O-])c1. The molecule has 2 atom stereocenters. The second-order valence-electron chi connectivity index (χ2n) is 3.70. The minimum atomic E-state index is -0.387. The van der Waals surface area contributed by atoms with Crippen LogP contribution in [0.15, 0.2) is 24.3 Å². The maximum Gasteiger partial charge on any atom is 0.269 e. The van der Waals surface area contributed by atoms with Crippen molar-refractivity contribution in [3.8, 4) is 0 Å². The molecule has 2 unspecified atom stereocenters. The highest BCUT2D eigenvalue weighted by Crippen LogP contribution is 2.48. The van der Waals surface area contributed by atoms with Crippen LogP contribution in [0, 0.1) is 16.0 Å². The molecule has 0 saturated heterocycles. The normalized spacial score (nSPS) is 23.5. The topological polar surface area (TPSA) is 69.2 Å². The number of nitrogens with two attached hydrogens (primary N) is 1. The van der Waals surface area contributed by atoms with Gasteiger partial charge in [-0.2, -0.15) is 0 Å². The van der Waals surface area contributed by atoms with Crippen LogP contribution in [0.3, 0.4) is 0 Å². The lowest BCUT2D eigenvalue weighted by molar-refractivity contribution is -0.384. The van der Waals surface area contributed by atoms with Crippen LogP contribution in [0.4, 0.5) is 5.69 Å². The van der Waals surface area contributed by atoms with Gasteiger partial charge in [0.2, 0.25) is 0 Å². The van der Waals surface area contributed by atoms with Crippen molar-refractivity contribution in [2.75, 3.05) is 0 Å². The van der Waals surface area contributed by atoms with E-state index in [1.807, 2.05) is 6.07 Å². The van der Waals surface area contributed by atoms with Crippen molar-refractivity contribution in [1.82, 2.24) is 0 Å². The monoisotopic (exact) mass is 222 g/mol. The summed E-state index contributed by atoms with van der Waals surface area (Å²) in [6.45, 7) is 0. The summed E-state index contributed by atoms with van der Waals surface area (Å²) in [7, 11) is 0. The van der Waals surface area contributed by atoms with E-state index in [2.05, 4.69) is 0 Å². The van der Waals surface area contributed by atoms with Gasteiger partial charge in [-0.3, -0.25) is 10.1 Å². The molecule has 1 aromatic rings. The van der Waals surface area contributed by atoms with Crippen LogP contribution < -0.4 is 5.73 Å². The van der Waals surface area contributed by atoms with E-state index in [-0.39, 0.29) is 22.4 Å². The largest absolute Gasteiger partial charge is 0.393 e. The zero-order valence-electron chi connectivity index (χ0n) is 7.92. The van der Waals surface area contributed by atoms with E-state index in [0.29, 0.717) is 4.99 Å². The number of thiocarbonyl (C=S) groups is 1. The smallest absolute Gasteiger partial charge is 0.269 e. The number of nitro groups is 1. The highest BCUT2D eigenvalue weighted by Gasteiger charge is 2.40. The Balaban J connectivity index is 2.20. The Kier molecular flexibility index (Phi) is 2.40. The second-order valence-corrected chi connectivity index (χ2v) is 4.17. The van der Waals surface area contributed by atoms with E-state index >= 15 is 0 Å². The molecule has 15 heavy (non-hydrogen) atoms. The Bertz CT molecular complexity index is 433. The number of benzene rings is 1. The molecule has 4 nitrogen and oxygen atoms in total. The third kappa shape index (κ3) is 1.97. The molecule has 0 heterocycles. The maximum atomic E-state index is 10.6. The van der Waals surface area contributed by atoms with Crippen LogP contribution >= 0.6 is 12.2 Å². The average Bonchev–Trinajstić information content (AvgIpc) is 2.97. The van der Waals surface area contributed by atoms with Crippen LogP contribution in [0.5, 0.6) is 0 Å². The lowest BCUT2D eigenvalue weighted by Crippen LogP contribution is -2.10. The summed E-state index contributed by atoms with van der Waals surface area (Å²) in [5.41, 5.74) is 6.61. The van der Waals surface area contributed by atoms with Gasteiger partial charge in [-0.15, -0.1) is 0 Å². The third-order valence-corrected chi connectivity index (χ3v) is 2.97. The molecule has 0 aromatic heterocycles. The fraction of sp³-hybridized carbons (Fsp3) is 0.300. The Morgan fingerprint density at radius 1 is 1.60 bits per heavy atom. The quantitative estimate of drug-likeness (QED) is 0.482. The minimum Gasteiger partial charge on any atom is -0.393 e. The zero-order valence-corrected chi connectivity index (χ0v) is 8.74. The Labute approximate surface area is 92.2 Å². The Morgan fingerprint density at radius 3 is 2.87 bits per heavy atom. The average molecular weight is 222 g/mol. The Hall–Kier alpha value is -1.49. The highest BCUT2D eigenvalue weighted by molar-refractivity contribution is 7.80. The molecule has 0 spiro atoms. The molecule has 0 radical (unpaired) electrons. The fourth-order valence-corrected chi connectivity index (χ4v) is 2.01. The summed E-state index contributed by atoms with van der Waals surface area (Å²) in [6, 6.07) is 6.67. The van der Waals surface area contributed by atoms with Crippen molar-refractivity contribution in [2.24, 2.45) is 11.7 Å². The third-order valence-electron chi connectivity index (χ3n) is 2.67. The van der Waals surface area contributed by atoms with E-state index in [4.69, 9.17) is 18.0 Å². The van der Waals surface area contributed by atoms with Crippen molar-refractivity contribution >= 4 is 22.9 Å². The summed E-state index contributed by atoms with van der Waals surface area (Å²) in [5, 5.41) is 10.6. The molecule has 1 saturated carbocycles. The van der Waals surface area contributed by atoms with Gasteiger partial charge < -0.3 is 5.73 Å². The van der Waals surface area contributed by atoms with Gasteiger partial charge in [0.25, 0.3) is 5.69 Å². The highest BCUT2D eigenvalue weighted by atomic mass is 32.1. The van der Waals surface area contributed by atoms with E-state index in [9.17, 15) is 10.1 Å². The molecular weight excluding hydrogens is 212 g/mol. The van der Waals surface area contributed by atoms with Gasteiger partial charge in [0.05, 0.1) is 9.91 Å². The lowest BCUT2D eigenvalue weighted by Gasteiger charge is -1.99. The number of nitrogens with zero attached hydrogens (tertiary/aromatic N) is 1. The van der Waals surface area contributed by atoms with Gasteiger partial charge in [0.15, 0.2) is 0 Å². The fourth-order valence-electron chi connectivity index (χ4n) is 1.75.